The Morgan fingerprint density at radius 3 is 2.33 bits per heavy atom. The van der Waals surface area contributed by atoms with E-state index in [4.69, 9.17) is 37.0 Å². The predicted octanol–water partition coefficient (Wildman–Crippen LogP) is -0.0575. The monoisotopic (exact) mass is 586 g/mol. The smallest absolute Gasteiger partial charge is 0.426 e. The van der Waals surface area contributed by atoms with Crippen LogP contribution in [0.3, 0.4) is 0 Å². The zero-order valence-electron chi connectivity index (χ0n) is 20.0. The minimum atomic E-state index is -5.39. The molecule has 1 saturated heterocycles. The number of halogens is 3. The standard InChI is InChI=1S/C21H20B3F3O10S2/c22-4-8-1-9(5-23)13(6-24)10(2-8)19(28)36-16-11-3-12-17(16)37-39(33,34)18(12)15(11)20(29)35-14(21(25,26)27)7-38(30,31)32/h1-2,11-12,14-18H,3-7H2,(H,30,31,32). The van der Waals surface area contributed by atoms with Crippen LogP contribution < -0.4 is 0 Å². The second kappa shape index (κ2) is 10.4. The van der Waals surface area contributed by atoms with Gasteiger partial charge in [0.25, 0.3) is 20.2 Å². The number of hydrogen-bond donors (Lipinski definition) is 1. The molecule has 1 aromatic carbocycles. The SMILES string of the molecule is [B]Cc1cc(C[B])c(C[B])c(C(=O)OC2C3CC4C2OS(=O)(=O)C4C3C(=O)OC(CS(=O)(=O)O)C(F)(F)F)c1. The summed E-state index contributed by atoms with van der Waals surface area (Å²) in [6.45, 7) is 0. The molecule has 6 radical (unpaired) electrons. The average molecular weight is 586 g/mol. The van der Waals surface area contributed by atoms with Crippen molar-refractivity contribution >= 4 is 55.7 Å². The molecule has 3 aliphatic rings. The number of alkyl halides is 3. The molecule has 1 aromatic rings. The first-order chi connectivity index (χ1) is 18.0. The molecule has 18 heteroatoms. The Balaban J connectivity index is 1.65. The van der Waals surface area contributed by atoms with Crippen molar-refractivity contribution in [1.82, 2.24) is 0 Å². The lowest BCUT2D eigenvalue weighted by molar-refractivity contribution is -0.218. The van der Waals surface area contributed by atoms with Crippen molar-refractivity contribution in [3.63, 3.8) is 0 Å². The summed E-state index contributed by atoms with van der Waals surface area (Å²) >= 11 is 0. The first-order valence-electron chi connectivity index (χ1n) is 11.6. The summed E-state index contributed by atoms with van der Waals surface area (Å²) in [6.07, 6.45) is -11.3. The Hall–Kier alpha value is -2.04. The molecule has 7 unspecified atom stereocenters. The Kier molecular flexibility index (Phi) is 8.00. The zero-order chi connectivity index (χ0) is 29.1. The lowest BCUT2D eigenvalue weighted by atomic mass is 9.81. The molecule has 0 amide bonds. The van der Waals surface area contributed by atoms with Gasteiger partial charge in [0, 0.05) is 11.8 Å². The molecule has 2 saturated carbocycles. The highest BCUT2D eigenvalue weighted by Gasteiger charge is 2.72. The van der Waals surface area contributed by atoms with Gasteiger partial charge in [0.2, 0.25) is 6.10 Å². The first kappa shape index (κ1) is 29.9. The number of fused-ring (bicyclic) bond motifs is 1. The molecule has 0 spiro atoms. The maximum atomic E-state index is 13.4. The second-order valence-corrected chi connectivity index (χ2v) is 12.8. The van der Waals surface area contributed by atoms with Crippen molar-refractivity contribution in [2.75, 3.05) is 5.75 Å². The van der Waals surface area contributed by atoms with Crippen molar-refractivity contribution < 1.29 is 57.8 Å². The minimum Gasteiger partial charge on any atom is -0.456 e. The van der Waals surface area contributed by atoms with Crippen LogP contribution in [0.15, 0.2) is 12.1 Å². The lowest BCUT2D eigenvalue weighted by Crippen LogP contribution is -2.48. The molecule has 3 fully saturated rings. The highest BCUT2D eigenvalue weighted by molar-refractivity contribution is 7.87. The number of benzene rings is 1. The third-order valence-electron chi connectivity index (χ3n) is 7.31. The van der Waals surface area contributed by atoms with Crippen molar-refractivity contribution in [3.8, 4) is 0 Å². The van der Waals surface area contributed by atoms with Gasteiger partial charge in [0.05, 0.1) is 35.0 Å². The van der Waals surface area contributed by atoms with Crippen LogP contribution in [0.1, 0.15) is 33.5 Å². The van der Waals surface area contributed by atoms with E-state index in [1.54, 1.807) is 6.07 Å². The molecular weight excluding hydrogens is 566 g/mol. The van der Waals surface area contributed by atoms with Gasteiger partial charge in [0.1, 0.15) is 23.2 Å². The van der Waals surface area contributed by atoms with Crippen LogP contribution in [-0.4, -0.2) is 92.4 Å². The van der Waals surface area contributed by atoms with Crippen LogP contribution in [-0.2, 0) is 57.6 Å². The second-order valence-electron chi connectivity index (χ2n) is 9.59. The summed E-state index contributed by atoms with van der Waals surface area (Å²) in [5.41, 5.74) is 1.37. The average Bonchev–Trinajstić information content (AvgIpc) is 3.43. The van der Waals surface area contributed by atoms with E-state index in [2.05, 4.69) is 4.74 Å². The summed E-state index contributed by atoms with van der Waals surface area (Å²) in [7, 11) is 7.51. The van der Waals surface area contributed by atoms with E-state index >= 15 is 0 Å². The number of ether oxygens (including phenoxy) is 2. The Bertz CT molecular complexity index is 1390. The molecule has 39 heavy (non-hydrogen) atoms. The van der Waals surface area contributed by atoms with Gasteiger partial charge in [-0.25, -0.2) is 4.79 Å². The lowest BCUT2D eigenvalue weighted by Gasteiger charge is -2.31. The number of esters is 2. The molecule has 1 aliphatic heterocycles. The third-order valence-corrected chi connectivity index (χ3v) is 9.83. The number of rotatable bonds is 9. The van der Waals surface area contributed by atoms with E-state index in [1.807, 2.05) is 0 Å². The molecule has 1 N–H and O–H groups in total. The van der Waals surface area contributed by atoms with Gasteiger partial charge in [-0.15, -0.1) is 0 Å². The Labute approximate surface area is 226 Å². The summed E-state index contributed by atoms with van der Waals surface area (Å²) in [4.78, 5) is 26.2. The molecule has 0 aromatic heterocycles. The van der Waals surface area contributed by atoms with Crippen LogP contribution in [0.5, 0.6) is 0 Å². The van der Waals surface area contributed by atoms with Crippen LogP contribution in [0.2, 0.25) is 0 Å². The molecule has 1 heterocycles. The van der Waals surface area contributed by atoms with E-state index in [-0.39, 0.29) is 30.9 Å². The van der Waals surface area contributed by atoms with Gasteiger partial charge in [-0.1, -0.05) is 36.2 Å². The fraction of sp³-hybridized carbons (Fsp3) is 0.619. The number of hydrogen-bond acceptors (Lipinski definition) is 9. The predicted molar refractivity (Wildman–Crippen MR) is 129 cm³/mol. The van der Waals surface area contributed by atoms with Crippen LogP contribution in [0.4, 0.5) is 13.2 Å². The van der Waals surface area contributed by atoms with E-state index in [1.165, 1.54) is 6.07 Å². The highest BCUT2D eigenvalue weighted by atomic mass is 32.2. The maximum absolute atomic E-state index is 13.4. The molecule has 2 bridgehead atoms. The van der Waals surface area contributed by atoms with Gasteiger partial charge in [0.15, 0.2) is 0 Å². The van der Waals surface area contributed by atoms with E-state index in [9.17, 15) is 39.6 Å². The van der Waals surface area contributed by atoms with Crippen LogP contribution >= 0.6 is 0 Å². The quantitative estimate of drug-likeness (QED) is 0.181. The Morgan fingerprint density at radius 1 is 1.13 bits per heavy atom. The van der Waals surface area contributed by atoms with Gasteiger partial charge in [-0.2, -0.15) is 30.0 Å². The van der Waals surface area contributed by atoms with E-state index in [0.29, 0.717) is 16.7 Å². The third kappa shape index (κ3) is 5.61. The fourth-order valence-corrected chi connectivity index (χ4v) is 8.46. The zero-order valence-corrected chi connectivity index (χ0v) is 21.7. The van der Waals surface area contributed by atoms with Gasteiger partial charge in [-0.3, -0.25) is 13.5 Å². The highest BCUT2D eigenvalue weighted by Crippen LogP contribution is 2.59. The van der Waals surface area contributed by atoms with Crippen molar-refractivity contribution in [3.05, 3.63) is 34.4 Å². The van der Waals surface area contributed by atoms with Gasteiger partial charge in [-0.05, 0) is 18.1 Å². The normalized spacial score (nSPS) is 29.7. The Morgan fingerprint density at radius 2 is 1.79 bits per heavy atom. The van der Waals surface area contributed by atoms with Crippen molar-refractivity contribution in [2.45, 2.75) is 55.1 Å². The molecule has 4 rings (SSSR count). The first-order valence-corrected chi connectivity index (χ1v) is 14.7. The number of carbonyl (C=O) groups excluding carboxylic acids is 2. The molecular formula is C21H20B3F3O10S2. The summed E-state index contributed by atoms with van der Waals surface area (Å²) in [5.74, 6) is -8.40. The summed E-state index contributed by atoms with van der Waals surface area (Å²) in [6, 6.07) is 3.07. The van der Waals surface area contributed by atoms with E-state index < -0.39 is 85.4 Å². The van der Waals surface area contributed by atoms with E-state index in [0.717, 1.165) is 0 Å². The van der Waals surface area contributed by atoms with Crippen LogP contribution in [0.25, 0.3) is 0 Å². The number of carbonyl (C=O) groups is 2. The maximum Gasteiger partial charge on any atom is 0.426 e. The molecule has 206 valence electrons. The van der Waals surface area contributed by atoms with Crippen molar-refractivity contribution in [2.24, 2.45) is 17.8 Å². The summed E-state index contributed by atoms with van der Waals surface area (Å²) < 4.78 is 112. The van der Waals surface area contributed by atoms with Crippen LogP contribution in [0, 0.1) is 17.8 Å². The summed E-state index contributed by atoms with van der Waals surface area (Å²) in [5, 5.41) is -1.58. The largest absolute Gasteiger partial charge is 0.456 e. The molecule has 7 atom stereocenters. The minimum absolute atomic E-state index is 0.00880. The van der Waals surface area contributed by atoms with Gasteiger partial charge >= 0.3 is 18.1 Å². The van der Waals surface area contributed by atoms with Crippen molar-refractivity contribution in [1.29, 1.82) is 0 Å². The van der Waals surface area contributed by atoms with Gasteiger partial charge < -0.3 is 9.47 Å². The molecule has 2 aliphatic carbocycles. The fourth-order valence-electron chi connectivity index (χ4n) is 5.77. The topological polar surface area (TPSA) is 150 Å². The molecule has 10 nitrogen and oxygen atoms in total.